The van der Waals surface area contributed by atoms with E-state index in [4.69, 9.17) is 4.74 Å². The number of amides is 1. The zero-order chi connectivity index (χ0) is 18.8. The van der Waals surface area contributed by atoms with Crippen LogP contribution in [0.5, 0.6) is 0 Å². The lowest BCUT2D eigenvalue weighted by Crippen LogP contribution is -2.26. The number of aryl methyl sites for hydroxylation is 1. The van der Waals surface area contributed by atoms with E-state index in [0.29, 0.717) is 44.0 Å². The molecule has 2 saturated heterocycles. The van der Waals surface area contributed by atoms with Crippen LogP contribution in [0.1, 0.15) is 37.5 Å². The zero-order valence-corrected chi connectivity index (χ0v) is 15.0. The van der Waals surface area contributed by atoms with Gasteiger partial charge in [-0.25, -0.2) is 18.4 Å². The Hall–Kier alpha value is -2.35. The summed E-state index contributed by atoms with van der Waals surface area (Å²) in [5, 5.41) is 4.55. The molecule has 0 radical (unpaired) electrons. The minimum atomic E-state index is -0.915. The van der Waals surface area contributed by atoms with Crippen molar-refractivity contribution in [3.8, 4) is 11.4 Å². The number of nitrogens with zero attached hydrogens (tertiary/aromatic N) is 4. The van der Waals surface area contributed by atoms with Crippen molar-refractivity contribution in [1.82, 2.24) is 19.7 Å². The molecule has 1 atom stereocenters. The number of ether oxygens (including phenoxy) is 1. The molecule has 1 aromatic heterocycles. The van der Waals surface area contributed by atoms with Gasteiger partial charge in [0.15, 0.2) is 17.5 Å². The number of halogens is 2. The fraction of sp³-hybridized carbons (Fsp3) is 0.526. The Morgan fingerprint density at radius 1 is 1.26 bits per heavy atom. The summed E-state index contributed by atoms with van der Waals surface area (Å²) in [6.45, 7) is 2.76. The van der Waals surface area contributed by atoms with Gasteiger partial charge in [0.1, 0.15) is 5.82 Å². The van der Waals surface area contributed by atoms with Crippen LogP contribution < -0.4 is 0 Å². The molecule has 4 rings (SSSR count). The number of hydrogen-bond acceptors (Lipinski definition) is 4. The van der Waals surface area contributed by atoms with Crippen LogP contribution in [0.15, 0.2) is 18.2 Å². The average Bonchev–Trinajstić information content (AvgIpc) is 3.39. The lowest BCUT2D eigenvalue weighted by Gasteiger charge is -2.15. The first kappa shape index (κ1) is 18.0. The molecule has 144 valence electrons. The fourth-order valence-electron chi connectivity index (χ4n) is 3.66. The Kier molecular flexibility index (Phi) is 5.15. The predicted octanol–water partition coefficient (Wildman–Crippen LogP) is 2.74. The number of carbonyl (C=O) groups excluding carboxylic acids is 1. The second-order valence-electron chi connectivity index (χ2n) is 7.03. The minimum absolute atomic E-state index is 0.0972. The smallest absolute Gasteiger partial charge is 0.222 e. The van der Waals surface area contributed by atoms with Crippen molar-refractivity contribution in [3.63, 3.8) is 0 Å². The molecule has 1 unspecified atom stereocenters. The molecule has 6 nitrogen and oxygen atoms in total. The van der Waals surface area contributed by atoms with Gasteiger partial charge in [0.25, 0.3) is 0 Å². The summed E-state index contributed by atoms with van der Waals surface area (Å²) in [5.41, 5.74) is 0.447. The zero-order valence-electron chi connectivity index (χ0n) is 15.0. The van der Waals surface area contributed by atoms with Gasteiger partial charge in [-0.3, -0.25) is 4.79 Å². The topological polar surface area (TPSA) is 60.2 Å². The molecular weight excluding hydrogens is 354 g/mol. The van der Waals surface area contributed by atoms with Gasteiger partial charge in [-0.05, 0) is 37.5 Å². The number of benzene rings is 1. The molecule has 0 bridgehead atoms. The molecule has 27 heavy (non-hydrogen) atoms. The van der Waals surface area contributed by atoms with Crippen molar-refractivity contribution in [2.45, 2.75) is 38.1 Å². The average molecular weight is 376 g/mol. The molecule has 1 aromatic carbocycles. The summed E-state index contributed by atoms with van der Waals surface area (Å²) in [6, 6.07) is 3.78. The molecule has 0 saturated carbocycles. The Balaban J connectivity index is 1.53. The van der Waals surface area contributed by atoms with Crippen LogP contribution in [0.25, 0.3) is 11.4 Å². The van der Waals surface area contributed by atoms with Gasteiger partial charge < -0.3 is 9.64 Å². The maximum atomic E-state index is 13.6. The molecule has 0 aliphatic carbocycles. The van der Waals surface area contributed by atoms with E-state index in [2.05, 4.69) is 10.1 Å². The lowest BCUT2D eigenvalue weighted by atomic mass is 10.2. The lowest BCUT2D eigenvalue weighted by molar-refractivity contribution is -0.127. The maximum Gasteiger partial charge on any atom is 0.222 e. The van der Waals surface area contributed by atoms with E-state index in [1.807, 2.05) is 9.58 Å². The molecule has 1 amide bonds. The molecule has 3 heterocycles. The Morgan fingerprint density at radius 3 is 2.85 bits per heavy atom. The highest BCUT2D eigenvalue weighted by Crippen LogP contribution is 2.25. The van der Waals surface area contributed by atoms with E-state index in [0.717, 1.165) is 43.8 Å². The van der Waals surface area contributed by atoms with Gasteiger partial charge in [0, 0.05) is 38.1 Å². The normalized spacial score (nSPS) is 20.0. The van der Waals surface area contributed by atoms with Crippen LogP contribution in [0.2, 0.25) is 0 Å². The number of hydrogen-bond donors (Lipinski definition) is 0. The van der Waals surface area contributed by atoms with E-state index in [-0.39, 0.29) is 11.9 Å². The standard InChI is InChI=1S/C19H22F2N4O2/c20-15-6-5-13(11-16(15)21)19-22-17(25(23-19)14-7-10-27-12-14)3-1-8-24-9-2-4-18(24)26/h5-6,11,14H,1-4,7-10,12H2. The Labute approximate surface area is 156 Å². The molecular formula is C19H22F2N4O2. The SMILES string of the molecule is O=C1CCCN1CCCc1nc(-c2ccc(F)c(F)c2)nn1C1CCOC1. The van der Waals surface area contributed by atoms with E-state index in [1.165, 1.54) is 6.07 Å². The van der Waals surface area contributed by atoms with Crippen LogP contribution in [0, 0.1) is 11.6 Å². The Bertz CT molecular complexity index is 833. The van der Waals surface area contributed by atoms with Crippen LogP contribution in [0.4, 0.5) is 8.78 Å². The van der Waals surface area contributed by atoms with Crippen molar-refractivity contribution < 1.29 is 18.3 Å². The van der Waals surface area contributed by atoms with Crippen molar-refractivity contribution in [3.05, 3.63) is 35.7 Å². The molecule has 0 N–H and O–H groups in total. The number of rotatable bonds is 6. The van der Waals surface area contributed by atoms with Crippen molar-refractivity contribution in [2.75, 3.05) is 26.3 Å². The second-order valence-corrected chi connectivity index (χ2v) is 7.03. The maximum absolute atomic E-state index is 13.6. The third kappa shape index (κ3) is 3.85. The molecule has 2 aromatic rings. The highest BCUT2D eigenvalue weighted by atomic mass is 19.2. The van der Waals surface area contributed by atoms with Gasteiger partial charge in [-0.15, -0.1) is 0 Å². The van der Waals surface area contributed by atoms with Gasteiger partial charge >= 0.3 is 0 Å². The predicted molar refractivity (Wildman–Crippen MR) is 94.0 cm³/mol. The van der Waals surface area contributed by atoms with Crippen LogP contribution >= 0.6 is 0 Å². The first-order valence-corrected chi connectivity index (χ1v) is 9.38. The van der Waals surface area contributed by atoms with Crippen molar-refractivity contribution >= 4 is 5.91 Å². The van der Waals surface area contributed by atoms with Gasteiger partial charge in [-0.2, -0.15) is 5.10 Å². The van der Waals surface area contributed by atoms with E-state index < -0.39 is 11.6 Å². The number of aromatic nitrogens is 3. The fourth-order valence-corrected chi connectivity index (χ4v) is 3.66. The van der Waals surface area contributed by atoms with E-state index in [1.54, 1.807) is 0 Å². The largest absolute Gasteiger partial charge is 0.379 e. The van der Waals surface area contributed by atoms with E-state index >= 15 is 0 Å². The van der Waals surface area contributed by atoms with Crippen LogP contribution in [-0.4, -0.2) is 51.9 Å². The third-order valence-corrected chi connectivity index (χ3v) is 5.13. The summed E-state index contributed by atoms with van der Waals surface area (Å²) in [7, 11) is 0. The second kappa shape index (κ2) is 7.72. The first-order chi connectivity index (χ1) is 13.1. The van der Waals surface area contributed by atoms with Crippen LogP contribution in [-0.2, 0) is 16.0 Å². The van der Waals surface area contributed by atoms with Gasteiger partial charge in [0.05, 0.1) is 12.6 Å². The highest BCUT2D eigenvalue weighted by molar-refractivity contribution is 5.78. The van der Waals surface area contributed by atoms with Crippen LogP contribution in [0.3, 0.4) is 0 Å². The molecule has 2 aliphatic heterocycles. The van der Waals surface area contributed by atoms with Crippen molar-refractivity contribution in [2.24, 2.45) is 0 Å². The quantitative estimate of drug-likeness (QED) is 0.778. The summed E-state index contributed by atoms with van der Waals surface area (Å²) in [5.74, 6) is -0.423. The monoisotopic (exact) mass is 376 g/mol. The van der Waals surface area contributed by atoms with Gasteiger partial charge in [0.2, 0.25) is 5.91 Å². The summed E-state index contributed by atoms with van der Waals surface area (Å²) in [6.07, 6.45) is 3.86. The summed E-state index contributed by atoms with van der Waals surface area (Å²) in [4.78, 5) is 18.2. The number of carbonyl (C=O) groups is 1. The number of likely N-dealkylation sites (tertiary alicyclic amines) is 1. The summed E-state index contributed by atoms with van der Waals surface area (Å²) >= 11 is 0. The third-order valence-electron chi connectivity index (χ3n) is 5.13. The highest BCUT2D eigenvalue weighted by Gasteiger charge is 2.24. The first-order valence-electron chi connectivity index (χ1n) is 9.38. The van der Waals surface area contributed by atoms with E-state index in [9.17, 15) is 13.6 Å². The summed E-state index contributed by atoms with van der Waals surface area (Å²) < 4.78 is 34.1. The Morgan fingerprint density at radius 2 is 2.15 bits per heavy atom. The molecule has 0 spiro atoms. The van der Waals surface area contributed by atoms with Crippen molar-refractivity contribution in [1.29, 1.82) is 0 Å². The van der Waals surface area contributed by atoms with Gasteiger partial charge in [-0.1, -0.05) is 0 Å². The molecule has 8 heteroatoms. The molecule has 2 aliphatic rings. The molecule has 2 fully saturated rings. The minimum Gasteiger partial charge on any atom is -0.379 e.